The van der Waals surface area contributed by atoms with Crippen LogP contribution in [-0.2, 0) is 26.0 Å². The molecule has 2 aliphatic heterocycles. The predicted octanol–water partition coefficient (Wildman–Crippen LogP) is 3.30. The van der Waals surface area contributed by atoms with Gasteiger partial charge in [-0.05, 0) is 61.6 Å². The molecular formula is C23H25F2N3O4S. The summed E-state index contributed by atoms with van der Waals surface area (Å²) in [5.74, 6) is -2.91. The summed E-state index contributed by atoms with van der Waals surface area (Å²) < 4.78 is 54.9. The average Bonchev–Trinajstić information content (AvgIpc) is 2.80. The molecule has 176 valence electrons. The molecular weight excluding hydrogens is 452 g/mol. The molecule has 2 heterocycles. The van der Waals surface area contributed by atoms with Gasteiger partial charge >= 0.3 is 0 Å². The van der Waals surface area contributed by atoms with Crippen LogP contribution in [0.3, 0.4) is 0 Å². The number of rotatable bonds is 4. The summed E-state index contributed by atoms with van der Waals surface area (Å²) in [5, 5.41) is 2.44. The Bertz CT molecular complexity index is 1200. The van der Waals surface area contributed by atoms with Gasteiger partial charge in [-0.25, -0.2) is 17.2 Å². The summed E-state index contributed by atoms with van der Waals surface area (Å²) in [6.45, 7) is 2.32. The first-order valence-corrected chi connectivity index (χ1v) is 12.3. The Kier molecular flexibility index (Phi) is 6.49. The van der Waals surface area contributed by atoms with Crippen LogP contribution in [0.4, 0.5) is 20.2 Å². The third-order valence-electron chi connectivity index (χ3n) is 6.13. The standard InChI is InChI=1S/C23H25F2N3O4S/c1-15(29)28-11-3-4-16-12-19(7-9-22(16)28)33(31,32)27-10-2-5-17(14-27)23(30)26-21-8-6-18(24)13-20(21)25/h6-9,12-13,17H,2-5,10-11,14H2,1H3,(H,26,30)/t17-/m0/s1. The van der Waals surface area contributed by atoms with Crippen LogP contribution in [0.25, 0.3) is 0 Å². The fourth-order valence-electron chi connectivity index (χ4n) is 4.41. The maximum Gasteiger partial charge on any atom is 0.243 e. The Hall–Kier alpha value is -2.85. The van der Waals surface area contributed by atoms with Gasteiger partial charge in [0.1, 0.15) is 11.6 Å². The number of sulfonamides is 1. The molecule has 1 N–H and O–H groups in total. The highest BCUT2D eigenvalue weighted by molar-refractivity contribution is 7.89. The third-order valence-corrected chi connectivity index (χ3v) is 7.99. The van der Waals surface area contributed by atoms with Crippen LogP contribution in [0.5, 0.6) is 0 Å². The average molecular weight is 478 g/mol. The maximum absolute atomic E-state index is 13.9. The number of benzene rings is 2. The number of nitrogens with one attached hydrogen (secondary N) is 1. The summed E-state index contributed by atoms with van der Waals surface area (Å²) in [6.07, 6.45) is 2.36. The Balaban J connectivity index is 1.51. The first kappa shape index (κ1) is 23.3. The van der Waals surface area contributed by atoms with Crippen LogP contribution in [0.15, 0.2) is 41.3 Å². The van der Waals surface area contributed by atoms with E-state index in [0.717, 1.165) is 29.8 Å². The molecule has 0 radical (unpaired) electrons. The zero-order valence-corrected chi connectivity index (χ0v) is 19.0. The molecule has 0 aliphatic carbocycles. The second-order valence-corrected chi connectivity index (χ2v) is 10.3. The van der Waals surface area contributed by atoms with Crippen molar-refractivity contribution in [3.63, 3.8) is 0 Å². The number of amides is 2. The number of hydrogen-bond acceptors (Lipinski definition) is 4. The third kappa shape index (κ3) is 4.77. The molecule has 33 heavy (non-hydrogen) atoms. The van der Waals surface area contributed by atoms with Crippen molar-refractivity contribution in [3.05, 3.63) is 53.6 Å². The van der Waals surface area contributed by atoms with Crippen molar-refractivity contribution in [1.29, 1.82) is 0 Å². The number of nitrogens with zero attached hydrogens (tertiary/aromatic N) is 2. The molecule has 7 nitrogen and oxygen atoms in total. The molecule has 1 atom stereocenters. The molecule has 4 rings (SSSR count). The fraction of sp³-hybridized carbons (Fsp3) is 0.391. The van der Waals surface area contributed by atoms with Crippen molar-refractivity contribution < 1.29 is 26.8 Å². The first-order chi connectivity index (χ1) is 15.7. The van der Waals surface area contributed by atoms with E-state index in [-0.39, 0.29) is 29.6 Å². The molecule has 1 saturated heterocycles. The van der Waals surface area contributed by atoms with Gasteiger partial charge in [-0.15, -0.1) is 0 Å². The van der Waals surface area contributed by atoms with Crippen molar-refractivity contribution in [1.82, 2.24) is 4.31 Å². The fourth-order valence-corrected chi connectivity index (χ4v) is 5.99. The summed E-state index contributed by atoms with van der Waals surface area (Å²) in [4.78, 5) is 26.3. The van der Waals surface area contributed by atoms with E-state index in [9.17, 15) is 26.8 Å². The van der Waals surface area contributed by atoms with Gasteiger partial charge < -0.3 is 10.2 Å². The molecule has 1 fully saturated rings. The van der Waals surface area contributed by atoms with Gasteiger partial charge in [-0.2, -0.15) is 4.31 Å². The molecule has 0 aromatic heterocycles. The highest BCUT2D eigenvalue weighted by Crippen LogP contribution is 2.32. The number of carbonyl (C=O) groups is 2. The van der Waals surface area contributed by atoms with Gasteiger partial charge in [0, 0.05) is 38.3 Å². The summed E-state index contributed by atoms with van der Waals surface area (Å²) in [6, 6.07) is 7.62. The Morgan fingerprint density at radius 1 is 1.06 bits per heavy atom. The van der Waals surface area contributed by atoms with Crippen molar-refractivity contribution in [2.24, 2.45) is 5.92 Å². The minimum Gasteiger partial charge on any atom is -0.323 e. The lowest BCUT2D eigenvalue weighted by molar-refractivity contribution is -0.121. The highest BCUT2D eigenvalue weighted by Gasteiger charge is 2.34. The minimum absolute atomic E-state index is 0.0341. The molecule has 2 amide bonds. The van der Waals surface area contributed by atoms with Gasteiger partial charge in [0.25, 0.3) is 0 Å². The lowest BCUT2D eigenvalue weighted by Gasteiger charge is -2.32. The van der Waals surface area contributed by atoms with Gasteiger partial charge in [0.2, 0.25) is 21.8 Å². The smallest absolute Gasteiger partial charge is 0.243 e. The van der Waals surface area contributed by atoms with Gasteiger partial charge in [-0.1, -0.05) is 0 Å². The molecule has 2 aliphatic rings. The van der Waals surface area contributed by atoms with E-state index in [1.165, 1.54) is 17.3 Å². The van der Waals surface area contributed by atoms with E-state index in [0.29, 0.717) is 31.9 Å². The van der Waals surface area contributed by atoms with Crippen LogP contribution >= 0.6 is 0 Å². The Morgan fingerprint density at radius 3 is 2.58 bits per heavy atom. The largest absolute Gasteiger partial charge is 0.323 e. The van der Waals surface area contributed by atoms with E-state index in [4.69, 9.17) is 0 Å². The monoisotopic (exact) mass is 477 g/mol. The SMILES string of the molecule is CC(=O)N1CCCc2cc(S(=O)(=O)N3CCC[C@H](C(=O)Nc4ccc(F)cc4F)C3)ccc21. The second-order valence-electron chi connectivity index (χ2n) is 8.38. The summed E-state index contributed by atoms with van der Waals surface area (Å²) in [5.41, 5.74) is 1.38. The number of aryl methyl sites for hydroxylation is 1. The quantitative estimate of drug-likeness (QED) is 0.732. The molecule has 2 aromatic rings. The van der Waals surface area contributed by atoms with Gasteiger partial charge in [-0.3, -0.25) is 9.59 Å². The van der Waals surface area contributed by atoms with Crippen molar-refractivity contribution in [2.45, 2.75) is 37.5 Å². The number of halogens is 2. The molecule has 0 spiro atoms. The van der Waals surface area contributed by atoms with Crippen LogP contribution in [-0.4, -0.2) is 44.2 Å². The second kappa shape index (κ2) is 9.18. The van der Waals surface area contributed by atoms with Crippen molar-refractivity contribution in [3.8, 4) is 0 Å². The lowest BCUT2D eigenvalue weighted by atomic mass is 9.98. The van der Waals surface area contributed by atoms with Crippen molar-refractivity contribution >= 4 is 33.2 Å². The van der Waals surface area contributed by atoms with Crippen molar-refractivity contribution in [2.75, 3.05) is 29.9 Å². The number of anilines is 2. The zero-order chi connectivity index (χ0) is 23.8. The number of fused-ring (bicyclic) bond motifs is 1. The van der Waals surface area contributed by atoms with E-state index in [2.05, 4.69) is 5.32 Å². The Morgan fingerprint density at radius 2 is 1.85 bits per heavy atom. The van der Waals surface area contributed by atoms with E-state index in [1.807, 2.05) is 0 Å². The maximum atomic E-state index is 13.9. The van der Waals surface area contributed by atoms with E-state index < -0.39 is 33.5 Å². The molecule has 0 bridgehead atoms. The van der Waals surface area contributed by atoms with Gasteiger partial charge in [0.15, 0.2) is 0 Å². The predicted molar refractivity (Wildman–Crippen MR) is 119 cm³/mol. The molecule has 0 unspecified atom stereocenters. The molecule has 2 aromatic carbocycles. The zero-order valence-electron chi connectivity index (χ0n) is 18.2. The number of carbonyl (C=O) groups excluding carboxylic acids is 2. The summed E-state index contributed by atoms with van der Waals surface area (Å²) >= 11 is 0. The van der Waals surface area contributed by atoms with Crippen LogP contribution in [0.2, 0.25) is 0 Å². The first-order valence-electron chi connectivity index (χ1n) is 10.8. The Labute approximate surface area is 191 Å². The van der Waals surface area contributed by atoms with E-state index >= 15 is 0 Å². The topological polar surface area (TPSA) is 86.8 Å². The van der Waals surface area contributed by atoms with Crippen LogP contribution < -0.4 is 10.2 Å². The summed E-state index contributed by atoms with van der Waals surface area (Å²) in [7, 11) is -3.86. The minimum atomic E-state index is -3.86. The lowest BCUT2D eigenvalue weighted by Crippen LogP contribution is -2.43. The normalized spacial score (nSPS) is 19.1. The number of piperidine rings is 1. The van der Waals surface area contributed by atoms with E-state index in [1.54, 1.807) is 17.0 Å². The number of hydrogen-bond donors (Lipinski definition) is 1. The molecule has 10 heteroatoms. The van der Waals surface area contributed by atoms with Gasteiger partial charge in [0.05, 0.1) is 16.5 Å². The molecule has 0 saturated carbocycles. The highest BCUT2D eigenvalue weighted by atomic mass is 32.2. The van der Waals surface area contributed by atoms with Crippen LogP contribution in [0.1, 0.15) is 31.7 Å². The van der Waals surface area contributed by atoms with Crippen LogP contribution in [0, 0.1) is 17.6 Å².